The number of thiazole rings is 1. The Kier molecular flexibility index (Phi) is 6.95. The van der Waals surface area contributed by atoms with Crippen LogP contribution in [0.5, 0.6) is 0 Å². The van der Waals surface area contributed by atoms with Gasteiger partial charge in [0.05, 0.1) is 18.2 Å². The van der Waals surface area contributed by atoms with Gasteiger partial charge in [0.15, 0.2) is 5.13 Å². The van der Waals surface area contributed by atoms with Gasteiger partial charge in [0.1, 0.15) is 0 Å². The van der Waals surface area contributed by atoms with Crippen LogP contribution in [-0.2, 0) is 16.0 Å². The molecule has 0 spiro atoms. The molecule has 0 saturated carbocycles. The fourth-order valence-electron chi connectivity index (χ4n) is 4.03. The molecule has 0 radical (unpaired) electrons. The highest BCUT2D eigenvalue weighted by Gasteiger charge is 2.35. The molecular weight excluding hydrogens is 452 g/mol. The van der Waals surface area contributed by atoms with Crippen LogP contribution in [0.2, 0.25) is 5.02 Å². The molecule has 1 aromatic carbocycles. The Morgan fingerprint density at radius 3 is 2.53 bits per heavy atom. The quantitative estimate of drug-likeness (QED) is 0.725. The van der Waals surface area contributed by atoms with E-state index in [0.717, 1.165) is 29.8 Å². The van der Waals surface area contributed by atoms with Crippen LogP contribution in [-0.4, -0.2) is 65.5 Å². The van der Waals surface area contributed by atoms with Crippen LogP contribution in [0.4, 0.5) is 9.93 Å². The molecule has 1 aliphatic carbocycles. The summed E-state index contributed by atoms with van der Waals surface area (Å²) in [6.45, 7) is 4.00. The Labute approximate surface area is 195 Å². The molecule has 1 saturated heterocycles. The maximum absolute atomic E-state index is 13.3. The number of piperazine rings is 1. The minimum atomic E-state index is -0.333. The summed E-state index contributed by atoms with van der Waals surface area (Å²) in [6.07, 6.45) is 2.15. The molecule has 170 valence electrons. The van der Waals surface area contributed by atoms with E-state index in [1.54, 1.807) is 41.0 Å². The van der Waals surface area contributed by atoms with Crippen LogP contribution < -0.4 is 5.32 Å². The number of hydrogen-bond donors (Lipinski definition) is 1. The van der Waals surface area contributed by atoms with E-state index in [0.29, 0.717) is 48.5 Å². The number of ether oxygens (including phenoxy) is 1. The Morgan fingerprint density at radius 1 is 1.16 bits per heavy atom. The number of aryl methyl sites for hydroxylation is 1. The Balaban J connectivity index is 1.42. The third kappa shape index (κ3) is 4.88. The number of amides is 3. The summed E-state index contributed by atoms with van der Waals surface area (Å²) >= 11 is 7.32. The summed E-state index contributed by atoms with van der Waals surface area (Å²) in [5.41, 5.74) is 1.26. The fourth-order valence-corrected chi connectivity index (χ4v) is 5.21. The van der Waals surface area contributed by atoms with E-state index in [9.17, 15) is 14.4 Å². The number of hydrogen-bond acceptors (Lipinski definition) is 6. The lowest BCUT2D eigenvalue weighted by Gasteiger charge is -2.36. The highest BCUT2D eigenvalue weighted by Crippen LogP contribution is 2.38. The van der Waals surface area contributed by atoms with Gasteiger partial charge in [-0.25, -0.2) is 9.78 Å². The van der Waals surface area contributed by atoms with Crippen molar-refractivity contribution in [3.63, 3.8) is 0 Å². The number of aromatic nitrogens is 1. The SMILES string of the molecule is CCOC(=O)N1CCN(C(=O)C2CCCc3sc(NC(=O)c4ccc(Cl)cc4)nc32)CC1. The lowest BCUT2D eigenvalue weighted by Crippen LogP contribution is -2.52. The molecule has 1 N–H and O–H groups in total. The first-order valence-electron chi connectivity index (χ1n) is 10.7. The lowest BCUT2D eigenvalue weighted by atomic mass is 9.89. The molecule has 32 heavy (non-hydrogen) atoms. The van der Waals surface area contributed by atoms with Crippen molar-refractivity contribution in [2.75, 3.05) is 38.1 Å². The van der Waals surface area contributed by atoms with Crippen molar-refractivity contribution in [1.29, 1.82) is 0 Å². The molecule has 2 aliphatic rings. The number of carbonyl (C=O) groups excluding carboxylic acids is 3. The monoisotopic (exact) mass is 476 g/mol. The van der Waals surface area contributed by atoms with Crippen molar-refractivity contribution in [3.05, 3.63) is 45.4 Å². The van der Waals surface area contributed by atoms with Gasteiger partial charge in [-0.1, -0.05) is 11.6 Å². The molecule has 8 nitrogen and oxygen atoms in total. The van der Waals surface area contributed by atoms with Crippen LogP contribution in [0, 0.1) is 0 Å². The molecule has 10 heteroatoms. The van der Waals surface area contributed by atoms with Gasteiger partial charge in [0, 0.05) is 41.6 Å². The number of benzene rings is 1. The minimum absolute atomic E-state index is 0.0373. The van der Waals surface area contributed by atoms with Crippen LogP contribution in [0.3, 0.4) is 0 Å². The van der Waals surface area contributed by atoms with Gasteiger partial charge in [0.25, 0.3) is 5.91 Å². The second-order valence-corrected chi connectivity index (χ2v) is 9.26. The summed E-state index contributed by atoms with van der Waals surface area (Å²) in [5.74, 6) is -0.536. The van der Waals surface area contributed by atoms with Crippen molar-refractivity contribution in [1.82, 2.24) is 14.8 Å². The van der Waals surface area contributed by atoms with Crippen molar-refractivity contribution < 1.29 is 19.1 Å². The first kappa shape index (κ1) is 22.5. The van der Waals surface area contributed by atoms with Crippen molar-refractivity contribution in [2.24, 2.45) is 0 Å². The third-order valence-electron chi connectivity index (χ3n) is 5.70. The number of fused-ring (bicyclic) bond motifs is 1. The van der Waals surface area contributed by atoms with E-state index >= 15 is 0 Å². The Bertz CT molecular complexity index is 1000. The third-order valence-corrected chi connectivity index (χ3v) is 6.99. The zero-order chi connectivity index (χ0) is 22.7. The van der Waals surface area contributed by atoms with E-state index in [2.05, 4.69) is 10.3 Å². The molecule has 1 fully saturated rings. The van der Waals surface area contributed by atoms with Crippen molar-refractivity contribution >= 4 is 46.0 Å². The van der Waals surface area contributed by atoms with Gasteiger partial charge in [-0.2, -0.15) is 0 Å². The largest absolute Gasteiger partial charge is 0.450 e. The van der Waals surface area contributed by atoms with E-state index in [1.807, 2.05) is 0 Å². The topological polar surface area (TPSA) is 91.8 Å². The van der Waals surface area contributed by atoms with Gasteiger partial charge in [0.2, 0.25) is 5.91 Å². The zero-order valence-electron chi connectivity index (χ0n) is 17.8. The number of rotatable bonds is 4. The number of halogens is 1. The minimum Gasteiger partial charge on any atom is -0.450 e. The molecule has 3 amide bonds. The summed E-state index contributed by atoms with van der Waals surface area (Å²) in [4.78, 5) is 46.8. The number of carbonyl (C=O) groups is 3. The molecule has 1 aliphatic heterocycles. The molecular formula is C22H25ClN4O4S. The molecule has 0 bridgehead atoms. The maximum atomic E-state index is 13.3. The number of nitrogens with one attached hydrogen (secondary N) is 1. The predicted molar refractivity (Wildman–Crippen MR) is 122 cm³/mol. The van der Waals surface area contributed by atoms with Crippen LogP contribution in [0.25, 0.3) is 0 Å². The highest BCUT2D eigenvalue weighted by atomic mass is 35.5. The van der Waals surface area contributed by atoms with Crippen molar-refractivity contribution in [3.8, 4) is 0 Å². The molecule has 2 aromatic rings. The number of anilines is 1. The molecule has 2 heterocycles. The van der Waals surface area contributed by atoms with Crippen LogP contribution >= 0.6 is 22.9 Å². The maximum Gasteiger partial charge on any atom is 0.409 e. The zero-order valence-corrected chi connectivity index (χ0v) is 19.4. The van der Waals surface area contributed by atoms with Crippen LogP contribution in [0.15, 0.2) is 24.3 Å². The average molecular weight is 477 g/mol. The fraction of sp³-hybridized carbons (Fsp3) is 0.455. The Hall–Kier alpha value is -2.65. The van der Waals surface area contributed by atoms with E-state index < -0.39 is 0 Å². The first-order chi connectivity index (χ1) is 15.5. The molecule has 4 rings (SSSR count). The first-order valence-corrected chi connectivity index (χ1v) is 11.9. The Morgan fingerprint density at radius 2 is 1.84 bits per heavy atom. The van der Waals surface area contributed by atoms with Gasteiger partial charge in [-0.05, 0) is 50.5 Å². The van der Waals surface area contributed by atoms with E-state index in [1.165, 1.54) is 11.3 Å². The van der Waals surface area contributed by atoms with Gasteiger partial charge in [-0.3, -0.25) is 14.9 Å². The summed E-state index contributed by atoms with van der Waals surface area (Å²) < 4.78 is 5.05. The second-order valence-electron chi connectivity index (χ2n) is 7.74. The van der Waals surface area contributed by atoms with Gasteiger partial charge in [-0.15, -0.1) is 11.3 Å². The average Bonchev–Trinajstić information content (AvgIpc) is 3.21. The summed E-state index contributed by atoms with van der Waals surface area (Å²) in [7, 11) is 0. The predicted octanol–water partition coefficient (Wildman–Crippen LogP) is 3.77. The van der Waals surface area contributed by atoms with Crippen LogP contribution in [0.1, 0.15) is 46.6 Å². The van der Waals surface area contributed by atoms with Gasteiger partial charge < -0.3 is 14.5 Å². The van der Waals surface area contributed by atoms with Gasteiger partial charge >= 0.3 is 6.09 Å². The summed E-state index contributed by atoms with van der Waals surface area (Å²) in [5, 5.41) is 3.91. The van der Waals surface area contributed by atoms with E-state index in [4.69, 9.17) is 16.3 Å². The highest BCUT2D eigenvalue weighted by molar-refractivity contribution is 7.16. The molecule has 1 aromatic heterocycles. The molecule has 1 unspecified atom stereocenters. The second kappa shape index (κ2) is 9.87. The standard InChI is InChI=1S/C22H25ClN4O4S/c1-2-31-22(30)27-12-10-26(11-13-27)20(29)16-4-3-5-17-18(16)24-21(32-17)25-19(28)14-6-8-15(23)9-7-14/h6-9,16H,2-5,10-13H2,1H3,(H,24,25,28). The molecule has 1 atom stereocenters. The normalized spacial score (nSPS) is 18.1. The summed E-state index contributed by atoms with van der Waals surface area (Å²) in [6, 6.07) is 6.65. The van der Waals surface area contributed by atoms with E-state index in [-0.39, 0.29) is 23.8 Å². The lowest BCUT2D eigenvalue weighted by molar-refractivity contribution is -0.134. The smallest absolute Gasteiger partial charge is 0.409 e. The van der Waals surface area contributed by atoms with Crippen molar-refractivity contribution in [2.45, 2.75) is 32.1 Å². The number of nitrogens with zero attached hydrogens (tertiary/aromatic N) is 3.